The Labute approximate surface area is 129 Å². The molecule has 0 spiro atoms. The van der Waals surface area contributed by atoms with Gasteiger partial charge in [0.1, 0.15) is 0 Å². The number of hydrogen-bond donors (Lipinski definition) is 0. The highest BCUT2D eigenvalue weighted by Crippen LogP contribution is 2.33. The Hall–Kier alpha value is -1.55. The van der Waals surface area contributed by atoms with E-state index in [1.54, 1.807) is 4.90 Å². The first-order valence-corrected chi connectivity index (χ1v) is 7.95. The lowest BCUT2D eigenvalue weighted by atomic mass is 9.90. The van der Waals surface area contributed by atoms with Crippen molar-refractivity contribution in [1.29, 1.82) is 0 Å². The average Bonchev–Trinajstić information content (AvgIpc) is 2.52. The largest absolute Gasteiger partial charge is 0.332 e. The summed E-state index contributed by atoms with van der Waals surface area (Å²) in [6.07, 6.45) is 1.99. The first-order valence-electron chi connectivity index (χ1n) is 7.41. The van der Waals surface area contributed by atoms with Crippen molar-refractivity contribution >= 4 is 23.4 Å². The number of carbonyl (C=O) groups is 2. The van der Waals surface area contributed by atoms with Gasteiger partial charge in [0, 0.05) is 25.4 Å². The lowest BCUT2D eigenvalue weighted by Gasteiger charge is -2.44. The molecule has 21 heavy (non-hydrogen) atoms. The van der Waals surface area contributed by atoms with E-state index in [1.165, 1.54) is 11.1 Å². The smallest absolute Gasteiger partial charge is 0.242 e. The van der Waals surface area contributed by atoms with Crippen LogP contribution in [-0.2, 0) is 16.0 Å². The molecule has 4 nitrogen and oxygen atoms in total. The van der Waals surface area contributed by atoms with Crippen molar-refractivity contribution < 1.29 is 9.59 Å². The molecule has 0 radical (unpaired) electrons. The fraction of sp³-hybridized carbons (Fsp3) is 0.500. The summed E-state index contributed by atoms with van der Waals surface area (Å²) in [6.45, 7) is 1.56. The van der Waals surface area contributed by atoms with Crippen molar-refractivity contribution in [1.82, 2.24) is 9.80 Å². The maximum Gasteiger partial charge on any atom is 0.242 e. The van der Waals surface area contributed by atoms with Crippen molar-refractivity contribution in [3.8, 4) is 0 Å². The van der Waals surface area contributed by atoms with Crippen molar-refractivity contribution in [2.24, 2.45) is 0 Å². The highest BCUT2D eigenvalue weighted by molar-refractivity contribution is 6.17. The Balaban J connectivity index is 1.81. The molecule has 3 rings (SSSR count). The Kier molecular flexibility index (Phi) is 4.15. The molecule has 1 atom stereocenters. The van der Waals surface area contributed by atoms with Crippen molar-refractivity contribution in [3.63, 3.8) is 0 Å². The maximum atomic E-state index is 12.3. The van der Waals surface area contributed by atoms with Crippen LogP contribution in [0.1, 0.15) is 30.0 Å². The molecule has 1 saturated heterocycles. The molecular weight excluding hydrogens is 288 g/mol. The lowest BCUT2D eigenvalue weighted by molar-refractivity contribution is -0.149. The first kappa shape index (κ1) is 14.4. The molecule has 0 aliphatic carbocycles. The van der Waals surface area contributed by atoms with E-state index in [4.69, 9.17) is 11.6 Å². The number of hydrogen-bond acceptors (Lipinski definition) is 2. The van der Waals surface area contributed by atoms with Crippen LogP contribution >= 0.6 is 11.6 Å². The van der Waals surface area contributed by atoms with E-state index in [9.17, 15) is 9.59 Å². The Morgan fingerprint density at radius 1 is 1.33 bits per heavy atom. The minimum absolute atomic E-state index is 0.0103. The molecule has 1 unspecified atom stereocenters. The van der Waals surface area contributed by atoms with Gasteiger partial charge in [-0.15, -0.1) is 11.6 Å². The number of halogens is 1. The third-order valence-corrected chi connectivity index (χ3v) is 4.60. The van der Waals surface area contributed by atoms with Crippen LogP contribution in [0.4, 0.5) is 0 Å². The van der Waals surface area contributed by atoms with Gasteiger partial charge in [-0.3, -0.25) is 9.59 Å². The minimum Gasteiger partial charge on any atom is -0.332 e. The molecule has 112 valence electrons. The second-order valence-corrected chi connectivity index (χ2v) is 6.00. The predicted molar refractivity (Wildman–Crippen MR) is 81.1 cm³/mol. The summed E-state index contributed by atoms with van der Waals surface area (Å²) in [5.74, 6) is 0.568. The van der Waals surface area contributed by atoms with Gasteiger partial charge in [0.05, 0.1) is 12.6 Å². The van der Waals surface area contributed by atoms with E-state index in [1.807, 2.05) is 17.0 Å². The van der Waals surface area contributed by atoms with Gasteiger partial charge in [-0.1, -0.05) is 24.3 Å². The molecule has 2 aliphatic heterocycles. The van der Waals surface area contributed by atoms with Crippen molar-refractivity contribution in [3.05, 3.63) is 35.4 Å². The molecule has 1 aromatic rings. The number of fused-ring (bicyclic) bond motifs is 3. The topological polar surface area (TPSA) is 40.6 Å². The summed E-state index contributed by atoms with van der Waals surface area (Å²) >= 11 is 5.64. The van der Waals surface area contributed by atoms with E-state index < -0.39 is 0 Å². The van der Waals surface area contributed by atoms with Crippen LogP contribution < -0.4 is 0 Å². The standard InChI is InChI=1S/C16H19ClN2O2/c17-8-3-6-15(20)18-10-14-13-5-2-1-4-12(13)7-9-19(14)16(21)11-18/h1-2,4-5,14H,3,6-11H2. The molecular formula is C16H19ClN2O2. The fourth-order valence-corrected chi connectivity index (χ4v) is 3.37. The van der Waals surface area contributed by atoms with E-state index >= 15 is 0 Å². The van der Waals surface area contributed by atoms with Crippen LogP contribution in [0, 0.1) is 0 Å². The lowest BCUT2D eigenvalue weighted by Crippen LogP contribution is -2.55. The van der Waals surface area contributed by atoms with E-state index in [0.29, 0.717) is 25.3 Å². The Morgan fingerprint density at radius 2 is 2.14 bits per heavy atom. The number of carbonyl (C=O) groups excluding carboxylic acids is 2. The van der Waals surface area contributed by atoms with Crippen LogP contribution in [0.25, 0.3) is 0 Å². The molecule has 2 heterocycles. The maximum absolute atomic E-state index is 12.3. The van der Waals surface area contributed by atoms with Gasteiger partial charge in [-0.2, -0.15) is 0 Å². The summed E-state index contributed by atoms with van der Waals surface area (Å²) in [5, 5.41) is 0. The van der Waals surface area contributed by atoms with Crippen LogP contribution in [0.2, 0.25) is 0 Å². The van der Waals surface area contributed by atoms with Gasteiger partial charge in [-0.25, -0.2) is 0 Å². The fourth-order valence-electron chi connectivity index (χ4n) is 3.24. The number of amides is 2. The quantitative estimate of drug-likeness (QED) is 0.801. The summed E-state index contributed by atoms with van der Waals surface area (Å²) < 4.78 is 0. The van der Waals surface area contributed by atoms with Gasteiger partial charge in [0.15, 0.2) is 0 Å². The third kappa shape index (κ3) is 2.77. The first-order chi connectivity index (χ1) is 10.2. The van der Waals surface area contributed by atoms with Crippen molar-refractivity contribution in [2.75, 3.05) is 25.5 Å². The second-order valence-electron chi connectivity index (χ2n) is 5.62. The predicted octanol–water partition coefficient (Wildman–Crippen LogP) is 1.97. The summed E-state index contributed by atoms with van der Waals surface area (Å²) in [4.78, 5) is 28.1. The van der Waals surface area contributed by atoms with E-state index in [2.05, 4.69) is 12.1 Å². The van der Waals surface area contributed by atoms with E-state index in [0.717, 1.165) is 13.0 Å². The Morgan fingerprint density at radius 3 is 2.95 bits per heavy atom. The normalized spacial score (nSPS) is 21.0. The van der Waals surface area contributed by atoms with Gasteiger partial charge in [0.25, 0.3) is 0 Å². The molecule has 0 N–H and O–H groups in total. The third-order valence-electron chi connectivity index (χ3n) is 4.33. The van der Waals surface area contributed by atoms with E-state index in [-0.39, 0.29) is 24.4 Å². The number of benzene rings is 1. The molecule has 2 aliphatic rings. The van der Waals surface area contributed by atoms with Crippen LogP contribution in [0.3, 0.4) is 0 Å². The van der Waals surface area contributed by atoms with Gasteiger partial charge >= 0.3 is 0 Å². The highest BCUT2D eigenvalue weighted by atomic mass is 35.5. The van der Waals surface area contributed by atoms with Gasteiger partial charge in [-0.05, 0) is 24.0 Å². The molecule has 0 aromatic heterocycles. The monoisotopic (exact) mass is 306 g/mol. The van der Waals surface area contributed by atoms with Gasteiger partial charge in [0.2, 0.25) is 11.8 Å². The molecule has 0 bridgehead atoms. The van der Waals surface area contributed by atoms with Crippen molar-refractivity contribution in [2.45, 2.75) is 25.3 Å². The zero-order valence-electron chi connectivity index (χ0n) is 11.9. The molecule has 5 heteroatoms. The summed E-state index contributed by atoms with van der Waals surface area (Å²) in [7, 11) is 0. The molecule has 1 aromatic carbocycles. The zero-order valence-corrected chi connectivity index (χ0v) is 12.7. The number of alkyl halides is 1. The van der Waals surface area contributed by atoms with Crippen LogP contribution in [0.15, 0.2) is 24.3 Å². The van der Waals surface area contributed by atoms with Gasteiger partial charge < -0.3 is 9.80 Å². The number of rotatable bonds is 3. The SMILES string of the molecule is O=C(CCCCl)N1CC(=O)N2CCc3ccccc3C2C1. The molecule has 2 amide bonds. The summed E-state index contributed by atoms with van der Waals surface area (Å²) in [5.41, 5.74) is 2.48. The molecule has 1 fully saturated rings. The van der Waals surface area contributed by atoms with Crippen LogP contribution in [0.5, 0.6) is 0 Å². The number of piperazine rings is 1. The van der Waals surface area contributed by atoms with Crippen LogP contribution in [-0.4, -0.2) is 47.1 Å². The zero-order chi connectivity index (χ0) is 14.8. The molecule has 0 saturated carbocycles. The summed E-state index contributed by atoms with van der Waals surface area (Å²) in [6, 6.07) is 8.23. The Bertz CT molecular complexity index is 561. The number of nitrogens with zero attached hydrogens (tertiary/aromatic N) is 2. The highest BCUT2D eigenvalue weighted by Gasteiger charge is 2.37. The second kappa shape index (κ2) is 6.06. The minimum atomic E-state index is 0.0103. The average molecular weight is 307 g/mol.